The molecule has 0 radical (unpaired) electrons. The molecule has 0 bridgehead atoms. The smallest absolute Gasteiger partial charge is 0.234 e. The van der Waals surface area contributed by atoms with Gasteiger partial charge in [0.05, 0.1) is 18.6 Å². The molecule has 1 aromatic carbocycles. The minimum absolute atomic E-state index is 0.0580. The number of hydrogen-bond acceptors (Lipinski definition) is 3. The Morgan fingerprint density at radius 3 is 2.96 bits per heavy atom. The number of hydrogen-bond donors (Lipinski definition) is 0. The van der Waals surface area contributed by atoms with Gasteiger partial charge in [0, 0.05) is 23.6 Å². The van der Waals surface area contributed by atoms with E-state index in [-0.39, 0.29) is 17.1 Å². The van der Waals surface area contributed by atoms with Crippen molar-refractivity contribution in [3.8, 4) is 5.69 Å². The van der Waals surface area contributed by atoms with Gasteiger partial charge in [0.15, 0.2) is 0 Å². The van der Waals surface area contributed by atoms with Crippen LogP contribution in [0.3, 0.4) is 0 Å². The van der Waals surface area contributed by atoms with Crippen LogP contribution in [-0.2, 0) is 11.3 Å². The molecule has 0 saturated carbocycles. The van der Waals surface area contributed by atoms with E-state index in [0.29, 0.717) is 12.3 Å². The van der Waals surface area contributed by atoms with E-state index >= 15 is 0 Å². The lowest BCUT2D eigenvalue weighted by molar-refractivity contribution is -0.128. The Hall–Kier alpha value is -2.47. The SMILES string of the molecule is O=C1CSC(c2ccn(-c3cccc(F)c3)c2)N1Cc1ccco1. The third-order valence-electron chi connectivity index (χ3n) is 3.98. The van der Waals surface area contributed by atoms with Crippen LogP contribution in [0.1, 0.15) is 16.7 Å². The molecule has 1 unspecified atom stereocenters. The van der Waals surface area contributed by atoms with Crippen molar-refractivity contribution in [2.45, 2.75) is 11.9 Å². The van der Waals surface area contributed by atoms with E-state index in [2.05, 4.69) is 0 Å². The topological polar surface area (TPSA) is 38.4 Å². The number of thioether (sulfide) groups is 1. The highest BCUT2D eigenvalue weighted by Crippen LogP contribution is 2.40. The monoisotopic (exact) mass is 342 g/mol. The Morgan fingerprint density at radius 2 is 2.17 bits per heavy atom. The van der Waals surface area contributed by atoms with Gasteiger partial charge in [-0.05, 0) is 36.4 Å². The standard InChI is InChI=1S/C18H15FN2O2S/c19-14-3-1-4-15(9-14)20-7-6-13(10-20)18-21(17(22)12-24-18)11-16-5-2-8-23-16/h1-10,18H,11-12H2. The van der Waals surface area contributed by atoms with Crippen LogP contribution in [0.15, 0.2) is 65.5 Å². The molecule has 1 fully saturated rings. The molecular formula is C18H15FN2O2S. The second kappa shape index (κ2) is 6.20. The lowest BCUT2D eigenvalue weighted by Crippen LogP contribution is -2.27. The van der Waals surface area contributed by atoms with Crippen molar-refractivity contribution in [2.75, 3.05) is 5.75 Å². The molecule has 4 rings (SSSR count). The summed E-state index contributed by atoms with van der Waals surface area (Å²) in [7, 11) is 0. The van der Waals surface area contributed by atoms with Crippen molar-refractivity contribution >= 4 is 17.7 Å². The van der Waals surface area contributed by atoms with Crippen LogP contribution in [0.4, 0.5) is 4.39 Å². The van der Waals surface area contributed by atoms with Gasteiger partial charge in [0.25, 0.3) is 0 Å². The van der Waals surface area contributed by atoms with Crippen LogP contribution < -0.4 is 0 Å². The number of aromatic nitrogens is 1. The molecule has 1 amide bonds. The van der Waals surface area contributed by atoms with Gasteiger partial charge in [-0.15, -0.1) is 11.8 Å². The predicted molar refractivity (Wildman–Crippen MR) is 90.2 cm³/mol. The predicted octanol–water partition coefficient (Wildman–Crippen LogP) is 3.98. The lowest BCUT2D eigenvalue weighted by atomic mass is 10.3. The Kier molecular flexibility index (Phi) is 3.90. The molecule has 3 heterocycles. The fourth-order valence-corrected chi connectivity index (χ4v) is 4.00. The summed E-state index contributed by atoms with van der Waals surface area (Å²) < 4.78 is 20.6. The van der Waals surface area contributed by atoms with Crippen molar-refractivity contribution in [1.29, 1.82) is 0 Å². The summed E-state index contributed by atoms with van der Waals surface area (Å²) in [5, 5.41) is -0.0580. The highest BCUT2D eigenvalue weighted by Gasteiger charge is 2.33. The van der Waals surface area contributed by atoms with E-state index in [4.69, 9.17) is 4.42 Å². The maximum Gasteiger partial charge on any atom is 0.234 e. The molecule has 24 heavy (non-hydrogen) atoms. The van der Waals surface area contributed by atoms with Crippen molar-refractivity contribution in [3.63, 3.8) is 0 Å². The van der Waals surface area contributed by atoms with Crippen LogP contribution >= 0.6 is 11.8 Å². The quantitative estimate of drug-likeness (QED) is 0.720. The molecule has 2 aromatic heterocycles. The molecule has 4 nitrogen and oxygen atoms in total. The fraction of sp³-hybridized carbons (Fsp3) is 0.167. The van der Waals surface area contributed by atoms with E-state index < -0.39 is 0 Å². The minimum Gasteiger partial charge on any atom is -0.467 e. The minimum atomic E-state index is -0.271. The van der Waals surface area contributed by atoms with Gasteiger partial charge >= 0.3 is 0 Å². The first kappa shape index (κ1) is 15.1. The van der Waals surface area contributed by atoms with Crippen molar-refractivity contribution in [1.82, 2.24) is 9.47 Å². The first-order valence-corrected chi connectivity index (χ1v) is 8.63. The van der Waals surface area contributed by atoms with Gasteiger partial charge < -0.3 is 13.9 Å². The highest BCUT2D eigenvalue weighted by atomic mass is 32.2. The maximum absolute atomic E-state index is 13.4. The Balaban J connectivity index is 1.60. The normalized spacial score (nSPS) is 17.6. The van der Waals surface area contributed by atoms with Crippen molar-refractivity contribution < 1.29 is 13.6 Å². The zero-order valence-corrected chi connectivity index (χ0v) is 13.6. The molecule has 122 valence electrons. The molecule has 1 atom stereocenters. The second-order valence-corrected chi connectivity index (χ2v) is 6.66. The molecule has 1 saturated heterocycles. The number of carbonyl (C=O) groups excluding carboxylic acids is 1. The summed E-state index contributed by atoms with van der Waals surface area (Å²) in [6.45, 7) is 0.453. The molecule has 6 heteroatoms. The maximum atomic E-state index is 13.4. The largest absolute Gasteiger partial charge is 0.467 e. The number of rotatable bonds is 4. The van der Waals surface area contributed by atoms with Gasteiger partial charge in [0.1, 0.15) is 17.0 Å². The average Bonchev–Trinajstić information content (AvgIpc) is 3.30. The van der Waals surface area contributed by atoms with Crippen molar-refractivity contribution in [2.24, 2.45) is 0 Å². The van der Waals surface area contributed by atoms with Crippen LogP contribution in [0.25, 0.3) is 5.69 Å². The Labute approximate surface area is 142 Å². The van der Waals surface area contributed by atoms with Crippen LogP contribution in [0, 0.1) is 5.82 Å². The molecule has 1 aliphatic heterocycles. The summed E-state index contributed by atoms with van der Waals surface area (Å²) in [5.74, 6) is 1.05. The fourth-order valence-electron chi connectivity index (χ4n) is 2.83. The second-order valence-electron chi connectivity index (χ2n) is 5.60. The van der Waals surface area contributed by atoms with Gasteiger partial charge in [-0.2, -0.15) is 0 Å². The summed E-state index contributed by atoms with van der Waals surface area (Å²) in [5.41, 5.74) is 1.77. The summed E-state index contributed by atoms with van der Waals surface area (Å²) in [6, 6.07) is 12.1. The van der Waals surface area contributed by atoms with E-state index in [9.17, 15) is 9.18 Å². The highest BCUT2D eigenvalue weighted by molar-refractivity contribution is 8.00. The zero-order chi connectivity index (χ0) is 16.5. The van der Waals surface area contributed by atoms with Crippen LogP contribution in [-0.4, -0.2) is 21.1 Å². The Morgan fingerprint density at radius 1 is 1.25 bits per heavy atom. The van der Waals surface area contributed by atoms with E-state index in [0.717, 1.165) is 17.0 Å². The molecule has 1 aliphatic rings. The number of benzene rings is 1. The summed E-state index contributed by atoms with van der Waals surface area (Å²) in [4.78, 5) is 14.0. The van der Waals surface area contributed by atoms with Crippen LogP contribution in [0.5, 0.6) is 0 Å². The lowest BCUT2D eigenvalue weighted by Gasteiger charge is -2.22. The zero-order valence-electron chi connectivity index (χ0n) is 12.8. The Bertz CT molecular complexity index is 860. The third-order valence-corrected chi connectivity index (χ3v) is 5.24. The number of nitrogens with zero attached hydrogens (tertiary/aromatic N) is 2. The first-order chi connectivity index (χ1) is 11.7. The third kappa shape index (κ3) is 2.85. The average molecular weight is 342 g/mol. The van der Waals surface area contributed by atoms with Crippen LogP contribution in [0.2, 0.25) is 0 Å². The number of carbonyl (C=O) groups is 1. The first-order valence-electron chi connectivity index (χ1n) is 7.58. The molecule has 0 aliphatic carbocycles. The van der Waals surface area contributed by atoms with Crippen molar-refractivity contribution in [3.05, 3.63) is 78.3 Å². The van der Waals surface area contributed by atoms with E-state index in [1.165, 1.54) is 12.1 Å². The molecule has 3 aromatic rings. The van der Waals surface area contributed by atoms with E-state index in [1.807, 2.05) is 46.1 Å². The van der Waals surface area contributed by atoms with E-state index in [1.54, 1.807) is 24.1 Å². The molecule has 0 spiro atoms. The number of furan rings is 1. The van der Waals surface area contributed by atoms with Gasteiger partial charge in [-0.1, -0.05) is 6.07 Å². The van der Waals surface area contributed by atoms with Gasteiger partial charge in [-0.25, -0.2) is 4.39 Å². The van der Waals surface area contributed by atoms with Gasteiger partial charge in [-0.3, -0.25) is 4.79 Å². The summed E-state index contributed by atoms with van der Waals surface area (Å²) >= 11 is 1.59. The molecule has 0 N–H and O–H groups in total. The number of halogens is 1. The number of amides is 1. The molecular weight excluding hydrogens is 327 g/mol. The van der Waals surface area contributed by atoms with Gasteiger partial charge in [0.2, 0.25) is 5.91 Å². The summed E-state index contributed by atoms with van der Waals surface area (Å²) in [6.07, 6.45) is 5.44.